The number of carbonyl (C=O) groups is 4. The Morgan fingerprint density at radius 2 is 1.28 bits per heavy atom. The number of carboxylic acid groups (broad SMARTS) is 3. The molecule has 7 rings (SSSR count). The predicted octanol–water partition coefficient (Wildman–Crippen LogP) is 2.25. The normalized spacial score (nSPS) is 52.6. The molecule has 16 nitrogen and oxygen atoms in total. The lowest BCUT2D eigenvalue weighted by molar-refractivity contribution is -0.371. The Hall–Kier alpha value is -2.54. The third-order valence-corrected chi connectivity index (χ3v) is 17.2. The second-order valence-corrected chi connectivity index (χ2v) is 20.6. The SMILES string of the molecule is CC1(C)C(OC2OC(C(=O)O)C(O)C(O)C2OC2OC(C(=O)O)C(O)C(O)C2O)CC[C@]2(C)[C@H]3C(=O)C=C4[C@@H]5C[C@@](C)(C(=O)O)CC[C@]5(C)CC[C@@]4(C)[C@]3(C)CC[C@@H]12. The van der Waals surface area contributed by atoms with Gasteiger partial charge in [-0.15, -0.1) is 0 Å². The van der Waals surface area contributed by atoms with Crippen LogP contribution < -0.4 is 0 Å². The zero-order chi connectivity index (χ0) is 42.9. The molecule has 326 valence electrons. The summed E-state index contributed by atoms with van der Waals surface area (Å²) in [5.41, 5.74) is -1.81. The Kier molecular flexibility index (Phi) is 10.7. The van der Waals surface area contributed by atoms with E-state index in [1.54, 1.807) is 0 Å². The van der Waals surface area contributed by atoms with Crippen LogP contribution >= 0.6 is 0 Å². The minimum Gasteiger partial charge on any atom is -0.481 e. The van der Waals surface area contributed by atoms with Gasteiger partial charge in [0.1, 0.15) is 36.6 Å². The van der Waals surface area contributed by atoms with Crippen LogP contribution in [-0.2, 0) is 38.1 Å². The molecule has 16 heteroatoms. The number of ether oxygens (including phenoxy) is 4. The molecule has 8 N–H and O–H groups in total. The van der Waals surface area contributed by atoms with Crippen molar-refractivity contribution in [3.05, 3.63) is 11.6 Å². The molecule has 6 fully saturated rings. The van der Waals surface area contributed by atoms with Gasteiger partial charge >= 0.3 is 17.9 Å². The number of aliphatic hydroxyl groups excluding tert-OH is 5. The first-order valence-corrected chi connectivity index (χ1v) is 20.7. The number of carbonyl (C=O) groups excluding carboxylic acids is 1. The minimum absolute atomic E-state index is 0.0217. The molecule has 58 heavy (non-hydrogen) atoms. The van der Waals surface area contributed by atoms with Crippen molar-refractivity contribution in [2.75, 3.05) is 0 Å². The summed E-state index contributed by atoms with van der Waals surface area (Å²) >= 11 is 0. The van der Waals surface area contributed by atoms with Gasteiger partial charge in [0, 0.05) is 5.92 Å². The largest absolute Gasteiger partial charge is 0.481 e. The molecule has 0 radical (unpaired) electrons. The van der Waals surface area contributed by atoms with E-state index in [-0.39, 0.29) is 34.4 Å². The van der Waals surface area contributed by atoms with Crippen molar-refractivity contribution < 1.29 is 79.0 Å². The van der Waals surface area contributed by atoms with E-state index in [1.807, 2.05) is 26.8 Å². The van der Waals surface area contributed by atoms with Gasteiger partial charge in [0.2, 0.25) is 0 Å². The molecule has 0 aromatic rings. The molecular formula is C42H62O16. The molecular weight excluding hydrogens is 760 g/mol. The molecule has 2 aliphatic heterocycles. The molecule has 0 amide bonds. The van der Waals surface area contributed by atoms with Crippen molar-refractivity contribution in [2.45, 2.75) is 174 Å². The number of aliphatic hydroxyl groups is 5. The topological polar surface area (TPSA) is 267 Å². The summed E-state index contributed by atoms with van der Waals surface area (Å²) in [6.07, 6.45) is -12.2. The van der Waals surface area contributed by atoms with Crippen LogP contribution in [0.15, 0.2) is 11.6 Å². The van der Waals surface area contributed by atoms with Crippen LogP contribution in [0.1, 0.15) is 106 Å². The summed E-state index contributed by atoms with van der Waals surface area (Å²) in [7, 11) is 0. The van der Waals surface area contributed by atoms with Gasteiger partial charge in [-0.2, -0.15) is 0 Å². The minimum atomic E-state index is -2.05. The van der Waals surface area contributed by atoms with Crippen molar-refractivity contribution in [1.82, 2.24) is 0 Å². The number of carboxylic acids is 3. The van der Waals surface area contributed by atoms with Crippen LogP contribution in [-0.4, -0.2) is 132 Å². The average molecular weight is 823 g/mol. The Balaban J connectivity index is 1.17. The highest BCUT2D eigenvalue weighted by molar-refractivity contribution is 5.95. The maximum Gasteiger partial charge on any atom is 0.335 e. The lowest BCUT2D eigenvalue weighted by Gasteiger charge is -2.70. The Morgan fingerprint density at radius 3 is 1.88 bits per heavy atom. The predicted molar refractivity (Wildman–Crippen MR) is 199 cm³/mol. The van der Waals surface area contributed by atoms with E-state index in [1.165, 1.54) is 0 Å². The van der Waals surface area contributed by atoms with Crippen molar-refractivity contribution in [3.63, 3.8) is 0 Å². The molecule has 7 aliphatic rings. The highest BCUT2D eigenvalue weighted by Crippen LogP contribution is 2.75. The molecule has 11 unspecified atom stereocenters. The lowest BCUT2D eigenvalue weighted by atomic mass is 9.33. The van der Waals surface area contributed by atoms with Crippen molar-refractivity contribution >= 4 is 23.7 Å². The molecule has 0 aromatic heterocycles. The lowest BCUT2D eigenvalue weighted by Crippen LogP contribution is -2.68. The fourth-order valence-corrected chi connectivity index (χ4v) is 13.4. The second-order valence-electron chi connectivity index (χ2n) is 20.6. The fourth-order valence-electron chi connectivity index (χ4n) is 13.4. The summed E-state index contributed by atoms with van der Waals surface area (Å²) in [4.78, 5) is 51.3. The highest BCUT2D eigenvalue weighted by atomic mass is 16.8. The van der Waals surface area contributed by atoms with Crippen LogP contribution in [0, 0.1) is 50.2 Å². The van der Waals surface area contributed by atoms with Gasteiger partial charge in [0.15, 0.2) is 30.6 Å². The van der Waals surface area contributed by atoms with Crippen LogP contribution in [0.5, 0.6) is 0 Å². The molecule has 0 aromatic carbocycles. The monoisotopic (exact) mass is 822 g/mol. The Labute approximate surface area is 337 Å². The first-order chi connectivity index (χ1) is 26.8. The molecule has 5 aliphatic carbocycles. The average Bonchev–Trinajstić information content (AvgIpc) is 3.13. The summed E-state index contributed by atoms with van der Waals surface area (Å²) in [5, 5.41) is 83.0. The third-order valence-electron chi connectivity index (χ3n) is 17.2. The summed E-state index contributed by atoms with van der Waals surface area (Å²) in [5.74, 6) is -4.47. The van der Waals surface area contributed by atoms with Gasteiger partial charge in [-0.3, -0.25) is 9.59 Å². The Morgan fingerprint density at radius 1 is 0.690 bits per heavy atom. The van der Waals surface area contributed by atoms with Gasteiger partial charge in [-0.05, 0) is 110 Å². The van der Waals surface area contributed by atoms with E-state index in [4.69, 9.17) is 18.9 Å². The van der Waals surface area contributed by atoms with Gasteiger partial charge in [0.25, 0.3) is 0 Å². The van der Waals surface area contributed by atoms with Crippen LogP contribution in [0.25, 0.3) is 0 Å². The van der Waals surface area contributed by atoms with Crippen LogP contribution in [0.3, 0.4) is 0 Å². The van der Waals surface area contributed by atoms with Gasteiger partial charge in [-0.1, -0.05) is 47.1 Å². The zero-order valence-corrected chi connectivity index (χ0v) is 34.4. The maximum absolute atomic E-state index is 14.8. The summed E-state index contributed by atoms with van der Waals surface area (Å²) in [6, 6.07) is 0. The van der Waals surface area contributed by atoms with Crippen molar-refractivity contribution in [2.24, 2.45) is 50.2 Å². The van der Waals surface area contributed by atoms with Gasteiger partial charge < -0.3 is 59.8 Å². The van der Waals surface area contributed by atoms with Gasteiger partial charge in [0.05, 0.1) is 11.5 Å². The van der Waals surface area contributed by atoms with Crippen LogP contribution in [0.2, 0.25) is 0 Å². The smallest absolute Gasteiger partial charge is 0.335 e. The maximum atomic E-state index is 14.8. The van der Waals surface area contributed by atoms with Gasteiger partial charge in [-0.25, -0.2) is 9.59 Å². The Bertz CT molecular complexity index is 1730. The molecule has 2 heterocycles. The number of fused-ring (bicyclic) bond motifs is 7. The molecule has 0 spiro atoms. The number of hydrogen-bond donors (Lipinski definition) is 8. The highest BCUT2D eigenvalue weighted by Gasteiger charge is 2.71. The first kappa shape index (κ1) is 43.5. The molecule has 4 saturated carbocycles. The first-order valence-electron chi connectivity index (χ1n) is 20.7. The summed E-state index contributed by atoms with van der Waals surface area (Å²) in [6.45, 7) is 14.8. The van der Waals surface area contributed by atoms with Crippen LogP contribution in [0.4, 0.5) is 0 Å². The van der Waals surface area contributed by atoms with Crippen molar-refractivity contribution in [3.8, 4) is 0 Å². The van der Waals surface area contributed by atoms with E-state index in [0.29, 0.717) is 25.7 Å². The standard InChI is InChI=1S/C42H62O16/c1-37(2)21-8-11-42(7)31(20(43)16-18-19-17-39(4,36(53)54)13-12-38(19,3)14-15-41(18,42)6)40(21,5)10-9-22(37)55-35-30(26(47)25(46)29(57-35)33(51)52)58-34-27(48)23(44)24(45)28(56-34)32(49)50/h16,19,21-31,34-35,44-48H,8-15,17H2,1-7H3,(H,49,50)(H,51,52)(H,53,54)/t19-,21-,22?,23?,24?,25?,26?,27?,28?,29?,30?,31+,34?,35?,38+,39-,40-,41+,42+/m0/s1. The zero-order valence-electron chi connectivity index (χ0n) is 34.4. The molecule has 19 atom stereocenters. The number of rotatable bonds is 7. The van der Waals surface area contributed by atoms with E-state index >= 15 is 0 Å². The fraction of sp³-hybridized carbons (Fsp3) is 0.857. The number of aliphatic carboxylic acids is 3. The quantitative estimate of drug-likeness (QED) is 0.171. The summed E-state index contributed by atoms with van der Waals surface area (Å²) < 4.78 is 23.4. The van der Waals surface area contributed by atoms with E-state index in [0.717, 1.165) is 37.7 Å². The van der Waals surface area contributed by atoms with E-state index < -0.39 is 107 Å². The van der Waals surface area contributed by atoms with E-state index in [9.17, 15) is 60.0 Å². The third kappa shape index (κ3) is 6.25. The number of ketones is 1. The number of allylic oxidation sites excluding steroid dienone is 2. The second kappa shape index (κ2) is 14.3. The van der Waals surface area contributed by atoms with E-state index in [2.05, 4.69) is 27.7 Å². The molecule has 2 saturated heterocycles. The molecule has 0 bridgehead atoms. The van der Waals surface area contributed by atoms with Crippen molar-refractivity contribution in [1.29, 1.82) is 0 Å². The number of hydrogen-bond acceptors (Lipinski definition) is 13.